The van der Waals surface area contributed by atoms with E-state index in [0.717, 1.165) is 5.92 Å². The van der Waals surface area contributed by atoms with Crippen LogP contribution in [0.25, 0.3) is 0 Å². The largest absolute Gasteiger partial charge is 0.377 e. The van der Waals surface area contributed by atoms with Crippen LogP contribution in [0.4, 0.5) is 11.4 Å². The van der Waals surface area contributed by atoms with Crippen LogP contribution in [-0.2, 0) is 0 Å². The minimum atomic E-state index is 0.499. The third-order valence-corrected chi connectivity index (χ3v) is 5.54. The van der Waals surface area contributed by atoms with E-state index >= 15 is 0 Å². The first-order chi connectivity index (χ1) is 10.4. The molecule has 1 aromatic carbocycles. The lowest BCUT2D eigenvalue weighted by molar-refractivity contribution is 0.691. The molecule has 0 spiro atoms. The minimum absolute atomic E-state index is 0.499. The fraction of sp³-hybridized carbons (Fsp3) is 0.444. The van der Waals surface area contributed by atoms with Gasteiger partial charge in [-0.3, -0.25) is 0 Å². The lowest BCUT2D eigenvalue weighted by Gasteiger charge is -2.22. The van der Waals surface area contributed by atoms with Crippen molar-refractivity contribution in [2.75, 3.05) is 23.3 Å². The maximum absolute atomic E-state index is 3.79. The third-order valence-electron chi connectivity index (χ3n) is 4.58. The van der Waals surface area contributed by atoms with Gasteiger partial charge in [0.05, 0.1) is 6.04 Å². The Bertz CT molecular complexity index is 583. The molecular weight excluding hydrogens is 276 g/mol. The van der Waals surface area contributed by atoms with Crippen LogP contribution in [0.15, 0.2) is 41.8 Å². The Balaban J connectivity index is 1.54. The third kappa shape index (κ3) is 2.93. The van der Waals surface area contributed by atoms with Gasteiger partial charge in [-0.15, -0.1) is 11.3 Å². The number of nitrogens with zero attached hydrogens (tertiary/aromatic N) is 1. The average molecular weight is 298 g/mol. The maximum atomic E-state index is 3.79. The van der Waals surface area contributed by atoms with Gasteiger partial charge < -0.3 is 10.2 Å². The Labute approximate surface area is 130 Å². The van der Waals surface area contributed by atoms with Crippen molar-refractivity contribution in [1.82, 2.24) is 0 Å². The monoisotopic (exact) mass is 298 g/mol. The molecule has 1 saturated heterocycles. The van der Waals surface area contributed by atoms with Crippen molar-refractivity contribution in [2.45, 2.75) is 31.7 Å². The van der Waals surface area contributed by atoms with E-state index < -0.39 is 0 Å². The highest BCUT2D eigenvalue weighted by Crippen LogP contribution is 2.44. The number of rotatable bonds is 5. The Morgan fingerprint density at radius 3 is 2.67 bits per heavy atom. The molecule has 2 aromatic rings. The molecule has 0 radical (unpaired) electrons. The Kier molecular flexibility index (Phi) is 3.60. The molecule has 0 bridgehead atoms. The first kappa shape index (κ1) is 13.2. The maximum Gasteiger partial charge on any atom is 0.0634 e. The number of anilines is 2. The molecule has 1 aliphatic carbocycles. The summed E-state index contributed by atoms with van der Waals surface area (Å²) < 4.78 is 0. The molecule has 2 heterocycles. The summed E-state index contributed by atoms with van der Waals surface area (Å²) in [4.78, 5) is 3.98. The van der Waals surface area contributed by atoms with E-state index in [9.17, 15) is 0 Å². The zero-order valence-corrected chi connectivity index (χ0v) is 13.1. The smallest absolute Gasteiger partial charge is 0.0634 e. The molecule has 1 aromatic heterocycles. The van der Waals surface area contributed by atoms with Crippen LogP contribution in [0, 0.1) is 5.92 Å². The fourth-order valence-electron chi connectivity index (χ4n) is 3.27. The lowest BCUT2D eigenvalue weighted by atomic mass is 10.1. The van der Waals surface area contributed by atoms with E-state index in [1.54, 1.807) is 0 Å². The first-order valence-electron chi connectivity index (χ1n) is 8.05. The average Bonchev–Trinajstić information content (AvgIpc) is 3.01. The second kappa shape index (κ2) is 5.72. The molecule has 2 nitrogen and oxygen atoms in total. The van der Waals surface area contributed by atoms with Gasteiger partial charge in [-0.2, -0.15) is 0 Å². The van der Waals surface area contributed by atoms with Gasteiger partial charge in [0, 0.05) is 29.3 Å². The van der Waals surface area contributed by atoms with Crippen molar-refractivity contribution < 1.29 is 0 Å². The second-order valence-corrected chi connectivity index (χ2v) is 7.20. The van der Waals surface area contributed by atoms with Gasteiger partial charge in [0.15, 0.2) is 0 Å². The Morgan fingerprint density at radius 2 is 1.95 bits per heavy atom. The summed E-state index contributed by atoms with van der Waals surface area (Å²) in [5.74, 6) is 0.819. The first-order valence-corrected chi connectivity index (χ1v) is 8.93. The number of hydrogen-bond acceptors (Lipinski definition) is 3. The Morgan fingerprint density at radius 1 is 1.10 bits per heavy atom. The molecule has 1 unspecified atom stereocenters. The van der Waals surface area contributed by atoms with Gasteiger partial charge in [0.2, 0.25) is 0 Å². The quantitative estimate of drug-likeness (QED) is 0.843. The molecule has 1 saturated carbocycles. The second-order valence-electron chi connectivity index (χ2n) is 6.22. The molecule has 1 aliphatic heterocycles. The number of benzene rings is 1. The number of hydrogen-bond donors (Lipinski definition) is 1. The zero-order chi connectivity index (χ0) is 14.1. The SMILES string of the molecule is c1cc(NC(c2cccs2)C2CC2)cc(N2CCCC2)c1. The molecule has 2 aliphatic rings. The number of nitrogens with one attached hydrogen (secondary N) is 1. The molecule has 1 N–H and O–H groups in total. The van der Waals surface area contributed by atoms with Crippen LogP contribution in [0.2, 0.25) is 0 Å². The molecule has 21 heavy (non-hydrogen) atoms. The van der Waals surface area contributed by atoms with Crippen LogP contribution in [-0.4, -0.2) is 13.1 Å². The predicted molar refractivity (Wildman–Crippen MR) is 91.3 cm³/mol. The topological polar surface area (TPSA) is 15.3 Å². The molecule has 0 amide bonds. The highest BCUT2D eigenvalue weighted by Gasteiger charge is 2.33. The van der Waals surface area contributed by atoms with Crippen molar-refractivity contribution in [3.63, 3.8) is 0 Å². The highest BCUT2D eigenvalue weighted by molar-refractivity contribution is 7.10. The summed E-state index contributed by atoms with van der Waals surface area (Å²) in [5.41, 5.74) is 2.64. The molecule has 1 atom stereocenters. The van der Waals surface area contributed by atoms with Crippen molar-refractivity contribution in [3.8, 4) is 0 Å². The predicted octanol–water partition coefficient (Wildman–Crippen LogP) is 4.91. The van der Waals surface area contributed by atoms with Crippen LogP contribution in [0.5, 0.6) is 0 Å². The summed E-state index contributed by atoms with van der Waals surface area (Å²) in [7, 11) is 0. The van der Waals surface area contributed by atoms with Gasteiger partial charge in [-0.1, -0.05) is 12.1 Å². The van der Waals surface area contributed by atoms with E-state index in [1.165, 1.54) is 55.0 Å². The summed E-state index contributed by atoms with van der Waals surface area (Å²) >= 11 is 1.88. The van der Waals surface area contributed by atoms with Gasteiger partial charge in [-0.05, 0) is 61.2 Å². The number of thiophene rings is 1. The normalized spacial score (nSPS) is 19.7. The van der Waals surface area contributed by atoms with Crippen molar-refractivity contribution in [3.05, 3.63) is 46.7 Å². The van der Waals surface area contributed by atoms with Crippen molar-refractivity contribution in [2.24, 2.45) is 5.92 Å². The molecule has 110 valence electrons. The minimum Gasteiger partial charge on any atom is -0.377 e. The van der Waals surface area contributed by atoms with E-state index in [0.29, 0.717) is 6.04 Å². The fourth-order valence-corrected chi connectivity index (χ4v) is 4.14. The van der Waals surface area contributed by atoms with Crippen molar-refractivity contribution in [1.29, 1.82) is 0 Å². The van der Waals surface area contributed by atoms with E-state index in [1.807, 2.05) is 11.3 Å². The summed E-state index contributed by atoms with van der Waals surface area (Å²) in [6.45, 7) is 2.42. The molecule has 4 rings (SSSR count). The van der Waals surface area contributed by atoms with Gasteiger partial charge in [0.25, 0.3) is 0 Å². The van der Waals surface area contributed by atoms with Gasteiger partial charge >= 0.3 is 0 Å². The van der Waals surface area contributed by atoms with E-state index in [2.05, 4.69) is 52.0 Å². The van der Waals surface area contributed by atoms with Crippen LogP contribution >= 0.6 is 11.3 Å². The summed E-state index contributed by atoms with van der Waals surface area (Å²) in [6, 6.07) is 13.9. The van der Waals surface area contributed by atoms with Gasteiger partial charge in [-0.25, -0.2) is 0 Å². The van der Waals surface area contributed by atoms with Gasteiger partial charge in [0.1, 0.15) is 0 Å². The lowest BCUT2D eigenvalue weighted by Crippen LogP contribution is -2.18. The summed E-state index contributed by atoms with van der Waals surface area (Å²) in [5, 5.41) is 5.98. The van der Waals surface area contributed by atoms with E-state index in [-0.39, 0.29) is 0 Å². The highest BCUT2D eigenvalue weighted by atomic mass is 32.1. The van der Waals surface area contributed by atoms with Crippen LogP contribution < -0.4 is 10.2 Å². The van der Waals surface area contributed by atoms with Crippen LogP contribution in [0.3, 0.4) is 0 Å². The van der Waals surface area contributed by atoms with E-state index in [4.69, 9.17) is 0 Å². The Hall–Kier alpha value is -1.48. The molecular formula is C18H22N2S. The zero-order valence-electron chi connectivity index (χ0n) is 12.3. The van der Waals surface area contributed by atoms with Crippen LogP contribution in [0.1, 0.15) is 36.6 Å². The molecule has 3 heteroatoms. The standard InChI is InChI=1S/C18H22N2S/c1-2-11-20(10-1)16-6-3-5-15(13-16)19-18(14-8-9-14)17-7-4-12-21-17/h3-7,12-14,18-19H,1-2,8-11H2. The van der Waals surface area contributed by atoms with Crippen molar-refractivity contribution >= 4 is 22.7 Å². The summed E-state index contributed by atoms with van der Waals surface area (Å²) in [6.07, 6.45) is 5.39. The molecule has 2 fully saturated rings.